The molecule has 0 bridgehead atoms. The predicted octanol–water partition coefficient (Wildman–Crippen LogP) is 5.48. The van der Waals surface area contributed by atoms with Crippen LogP contribution < -0.4 is 15.5 Å². The van der Waals surface area contributed by atoms with Gasteiger partial charge in [-0.3, -0.25) is 14.9 Å². The first kappa shape index (κ1) is 22.7. The zero-order valence-electron chi connectivity index (χ0n) is 18.6. The summed E-state index contributed by atoms with van der Waals surface area (Å²) >= 11 is 1.21. The quantitative estimate of drug-likeness (QED) is 0.325. The van der Waals surface area contributed by atoms with Gasteiger partial charge < -0.3 is 9.72 Å². The maximum atomic E-state index is 12.8. The Hall–Kier alpha value is -5.07. The molecule has 0 saturated carbocycles. The summed E-state index contributed by atoms with van der Waals surface area (Å²) in [6, 6.07) is 26.6. The molecular formula is C27H17N5O3S. The van der Waals surface area contributed by atoms with E-state index in [9.17, 15) is 14.9 Å². The number of rotatable bonds is 6. The minimum atomic E-state index is -0.422. The minimum Gasteiger partial charge on any atom is -0.457 e. The molecule has 0 spiro atoms. The molecule has 0 aliphatic carbocycles. The third kappa shape index (κ3) is 4.89. The summed E-state index contributed by atoms with van der Waals surface area (Å²) in [5.41, 5.74) is 3.61. The van der Waals surface area contributed by atoms with Crippen molar-refractivity contribution < 1.29 is 9.53 Å². The number of amides is 1. The van der Waals surface area contributed by atoms with E-state index in [1.54, 1.807) is 48.5 Å². The first-order chi connectivity index (χ1) is 17.6. The van der Waals surface area contributed by atoms with E-state index in [0.717, 1.165) is 0 Å². The molecule has 5 aromatic rings. The second kappa shape index (κ2) is 10.0. The maximum Gasteiger partial charge on any atom is 0.257 e. The van der Waals surface area contributed by atoms with Gasteiger partial charge in [0.2, 0.25) is 10.6 Å². The van der Waals surface area contributed by atoms with Crippen molar-refractivity contribution in [2.24, 2.45) is 0 Å². The predicted molar refractivity (Wildman–Crippen MR) is 137 cm³/mol. The average Bonchev–Trinajstić information content (AvgIpc) is 3.42. The number of H-pyrrole nitrogens is 1. The number of aromatic amines is 1. The summed E-state index contributed by atoms with van der Waals surface area (Å²) in [6.45, 7) is 0. The number of hydrogen-bond acceptors (Lipinski definition) is 7. The van der Waals surface area contributed by atoms with Gasteiger partial charge in [0.15, 0.2) is 0 Å². The summed E-state index contributed by atoms with van der Waals surface area (Å²) in [4.78, 5) is 28.6. The van der Waals surface area contributed by atoms with Gasteiger partial charge >= 0.3 is 0 Å². The van der Waals surface area contributed by atoms with E-state index in [4.69, 9.17) is 4.74 Å². The fraction of sp³-hybridized carbons (Fsp3) is 0. The lowest BCUT2D eigenvalue weighted by atomic mass is 10.0. The summed E-state index contributed by atoms with van der Waals surface area (Å²) in [5, 5.41) is 20.2. The SMILES string of the molecule is N#Cc1c(-c2ccc(Oc3ccccc3)cc2)[nH]c(-c2cccc(C(=O)Nc3nncs3)c2)cc1=O. The molecule has 0 aliphatic rings. The van der Waals surface area contributed by atoms with E-state index in [-0.39, 0.29) is 11.5 Å². The van der Waals surface area contributed by atoms with Crippen LogP contribution in [0.1, 0.15) is 15.9 Å². The standard InChI is InChI=1S/C27H17N5O3S/c28-15-22-24(33)14-23(18-5-4-6-19(13-18)26(34)31-27-32-29-16-36-27)30-25(22)17-9-11-21(12-10-17)35-20-7-2-1-3-8-20/h1-14,16H,(H,30,33)(H,31,32,34). The van der Waals surface area contributed by atoms with Gasteiger partial charge in [0.05, 0.1) is 5.69 Å². The second-order valence-corrected chi connectivity index (χ2v) is 8.46. The number of anilines is 1. The number of pyridine rings is 1. The van der Waals surface area contributed by atoms with E-state index in [1.165, 1.54) is 22.9 Å². The topological polar surface area (TPSA) is 121 Å². The van der Waals surface area contributed by atoms with Gasteiger partial charge in [0.25, 0.3) is 5.91 Å². The minimum absolute atomic E-state index is 0.000597. The van der Waals surface area contributed by atoms with Crippen LogP contribution >= 0.6 is 11.3 Å². The molecular weight excluding hydrogens is 474 g/mol. The molecule has 2 aromatic heterocycles. The van der Waals surface area contributed by atoms with Gasteiger partial charge in [-0.1, -0.05) is 41.7 Å². The van der Waals surface area contributed by atoms with Crippen molar-refractivity contribution in [1.29, 1.82) is 5.26 Å². The molecule has 2 N–H and O–H groups in total. The normalized spacial score (nSPS) is 10.4. The Kier molecular flexibility index (Phi) is 6.34. The number of aromatic nitrogens is 3. The van der Waals surface area contributed by atoms with Crippen molar-refractivity contribution in [2.75, 3.05) is 5.32 Å². The Morgan fingerprint density at radius 2 is 1.72 bits per heavy atom. The number of carbonyl (C=O) groups is 1. The van der Waals surface area contributed by atoms with E-state index in [1.807, 2.05) is 36.4 Å². The van der Waals surface area contributed by atoms with Gasteiger partial charge in [-0.05, 0) is 59.7 Å². The molecule has 5 rings (SSSR count). The zero-order chi connectivity index (χ0) is 24.9. The fourth-order valence-electron chi connectivity index (χ4n) is 3.58. The highest BCUT2D eigenvalue weighted by Crippen LogP contribution is 2.28. The fourth-order valence-corrected chi connectivity index (χ4v) is 4.02. The lowest BCUT2D eigenvalue weighted by molar-refractivity contribution is 0.102. The summed E-state index contributed by atoms with van der Waals surface area (Å²) in [6.07, 6.45) is 0. The monoisotopic (exact) mass is 491 g/mol. The van der Waals surface area contributed by atoms with Gasteiger partial charge in [-0.25, -0.2) is 0 Å². The van der Waals surface area contributed by atoms with E-state index < -0.39 is 5.43 Å². The lowest BCUT2D eigenvalue weighted by Gasteiger charge is -2.11. The summed E-state index contributed by atoms with van der Waals surface area (Å²) in [5.74, 6) is 0.975. The molecule has 0 fully saturated rings. The van der Waals surface area contributed by atoms with Crippen LogP contribution in [0.3, 0.4) is 0 Å². The van der Waals surface area contributed by atoms with Crippen LogP contribution in [0.2, 0.25) is 0 Å². The largest absolute Gasteiger partial charge is 0.457 e. The smallest absolute Gasteiger partial charge is 0.257 e. The molecule has 174 valence electrons. The summed E-state index contributed by atoms with van der Waals surface area (Å²) < 4.78 is 5.83. The number of para-hydroxylation sites is 1. The Morgan fingerprint density at radius 3 is 2.44 bits per heavy atom. The highest BCUT2D eigenvalue weighted by molar-refractivity contribution is 7.13. The van der Waals surface area contributed by atoms with Crippen molar-refractivity contribution in [1.82, 2.24) is 15.2 Å². The van der Waals surface area contributed by atoms with Crippen molar-refractivity contribution in [3.63, 3.8) is 0 Å². The number of nitriles is 1. The molecule has 0 atom stereocenters. The van der Waals surface area contributed by atoms with E-state index in [0.29, 0.717) is 44.7 Å². The third-order valence-corrected chi connectivity index (χ3v) is 5.89. The molecule has 1 amide bonds. The number of carbonyl (C=O) groups excluding carboxylic acids is 1. The number of ether oxygens (including phenoxy) is 1. The number of benzene rings is 3. The Balaban J connectivity index is 1.47. The molecule has 0 unspecified atom stereocenters. The van der Waals surface area contributed by atoms with E-state index in [2.05, 4.69) is 20.5 Å². The lowest BCUT2D eigenvalue weighted by Crippen LogP contribution is -2.12. The zero-order valence-corrected chi connectivity index (χ0v) is 19.5. The maximum absolute atomic E-state index is 12.8. The average molecular weight is 492 g/mol. The van der Waals surface area contributed by atoms with Gasteiger partial charge in [-0.2, -0.15) is 5.26 Å². The van der Waals surface area contributed by atoms with Crippen molar-refractivity contribution >= 4 is 22.4 Å². The molecule has 3 aromatic carbocycles. The van der Waals surface area contributed by atoms with Crippen molar-refractivity contribution in [3.05, 3.63) is 112 Å². The van der Waals surface area contributed by atoms with Crippen LogP contribution in [0.25, 0.3) is 22.5 Å². The van der Waals surface area contributed by atoms with Crippen molar-refractivity contribution in [2.45, 2.75) is 0 Å². The van der Waals surface area contributed by atoms with Crippen LogP contribution in [0.5, 0.6) is 11.5 Å². The second-order valence-electron chi connectivity index (χ2n) is 7.63. The molecule has 0 radical (unpaired) electrons. The molecule has 2 heterocycles. The molecule has 0 aliphatic heterocycles. The number of nitrogens with zero attached hydrogens (tertiary/aromatic N) is 3. The Morgan fingerprint density at radius 1 is 0.944 bits per heavy atom. The summed E-state index contributed by atoms with van der Waals surface area (Å²) in [7, 11) is 0. The third-order valence-electron chi connectivity index (χ3n) is 5.28. The number of hydrogen-bond donors (Lipinski definition) is 2. The van der Waals surface area contributed by atoms with Crippen LogP contribution in [0.4, 0.5) is 5.13 Å². The van der Waals surface area contributed by atoms with Crippen LogP contribution in [-0.2, 0) is 0 Å². The van der Waals surface area contributed by atoms with Crippen LogP contribution in [0, 0.1) is 11.3 Å². The van der Waals surface area contributed by atoms with Crippen molar-refractivity contribution in [3.8, 4) is 40.1 Å². The van der Waals surface area contributed by atoms with Gasteiger partial charge in [0.1, 0.15) is 28.6 Å². The van der Waals surface area contributed by atoms with Gasteiger partial charge in [0, 0.05) is 17.3 Å². The van der Waals surface area contributed by atoms with Crippen LogP contribution in [-0.4, -0.2) is 21.1 Å². The molecule has 0 saturated heterocycles. The van der Waals surface area contributed by atoms with E-state index >= 15 is 0 Å². The van der Waals surface area contributed by atoms with Gasteiger partial charge in [-0.15, -0.1) is 10.2 Å². The highest BCUT2D eigenvalue weighted by atomic mass is 32.1. The molecule has 9 heteroatoms. The van der Waals surface area contributed by atoms with Crippen LogP contribution in [0.15, 0.2) is 95.2 Å². The Bertz CT molecular complexity index is 1620. The Labute approximate surface area is 209 Å². The highest BCUT2D eigenvalue weighted by Gasteiger charge is 2.15. The molecule has 8 nitrogen and oxygen atoms in total. The first-order valence-electron chi connectivity index (χ1n) is 10.8. The number of nitrogens with one attached hydrogen (secondary N) is 2. The molecule has 36 heavy (non-hydrogen) atoms. The first-order valence-corrected chi connectivity index (χ1v) is 11.7.